The van der Waals surface area contributed by atoms with Crippen molar-refractivity contribution >= 4 is 23.4 Å². The molecule has 7 heteroatoms. The molecule has 26 heavy (non-hydrogen) atoms. The number of amides is 3. The van der Waals surface area contributed by atoms with E-state index in [4.69, 9.17) is 0 Å². The van der Waals surface area contributed by atoms with Gasteiger partial charge in [-0.3, -0.25) is 14.4 Å². The van der Waals surface area contributed by atoms with Crippen molar-refractivity contribution in [2.75, 3.05) is 11.9 Å². The summed E-state index contributed by atoms with van der Waals surface area (Å²) in [5, 5.41) is 7.61. The van der Waals surface area contributed by atoms with E-state index in [2.05, 4.69) is 16.0 Å². The molecular weight excluding hydrogens is 337 g/mol. The number of hydrogen-bond donors (Lipinski definition) is 3. The quantitative estimate of drug-likeness (QED) is 0.704. The van der Waals surface area contributed by atoms with Gasteiger partial charge in [-0.15, -0.1) is 0 Å². The largest absolute Gasteiger partial charge is 0.345 e. The van der Waals surface area contributed by atoms with E-state index in [0.717, 1.165) is 0 Å². The molecule has 0 unspecified atom stereocenters. The summed E-state index contributed by atoms with van der Waals surface area (Å²) < 4.78 is 13.1. The van der Waals surface area contributed by atoms with Gasteiger partial charge in [0.25, 0.3) is 0 Å². The zero-order chi connectivity index (χ0) is 18.9. The summed E-state index contributed by atoms with van der Waals surface area (Å²) in [7, 11) is 0. The SMILES string of the molecule is C[C@H](NC(=O)Cc1cccc(F)c1)C(=O)NCC(=O)Nc1ccccc1. The molecule has 0 saturated carbocycles. The van der Waals surface area contributed by atoms with Crippen LogP contribution in [0.15, 0.2) is 54.6 Å². The average molecular weight is 357 g/mol. The van der Waals surface area contributed by atoms with Crippen LogP contribution in [-0.2, 0) is 20.8 Å². The van der Waals surface area contributed by atoms with Gasteiger partial charge in [-0.25, -0.2) is 4.39 Å². The lowest BCUT2D eigenvalue weighted by Gasteiger charge is -2.14. The van der Waals surface area contributed by atoms with E-state index in [1.54, 1.807) is 30.3 Å². The van der Waals surface area contributed by atoms with Crippen molar-refractivity contribution < 1.29 is 18.8 Å². The molecule has 1 atom stereocenters. The summed E-state index contributed by atoms with van der Waals surface area (Å²) in [6, 6.07) is 13.7. The molecule has 3 amide bonds. The Bertz CT molecular complexity index is 781. The molecule has 0 heterocycles. The first-order valence-electron chi connectivity index (χ1n) is 8.10. The minimum atomic E-state index is -0.819. The third kappa shape index (κ3) is 6.35. The number of nitrogens with one attached hydrogen (secondary N) is 3. The minimum Gasteiger partial charge on any atom is -0.345 e. The molecule has 0 aliphatic heterocycles. The minimum absolute atomic E-state index is 0.0378. The topological polar surface area (TPSA) is 87.3 Å². The number of para-hydroxylation sites is 1. The highest BCUT2D eigenvalue weighted by Gasteiger charge is 2.16. The Morgan fingerprint density at radius 1 is 1.00 bits per heavy atom. The lowest BCUT2D eigenvalue weighted by atomic mass is 10.1. The van der Waals surface area contributed by atoms with Gasteiger partial charge in [0.1, 0.15) is 11.9 Å². The number of anilines is 1. The van der Waals surface area contributed by atoms with Gasteiger partial charge in [-0.2, -0.15) is 0 Å². The van der Waals surface area contributed by atoms with Gasteiger partial charge in [0.2, 0.25) is 17.7 Å². The second kappa shape index (κ2) is 9.31. The molecule has 2 aromatic rings. The Hall–Kier alpha value is -3.22. The predicted molar refractivity (Wildman–Crippen MR) is 95.8 cm³/mol. The van der Waals surface area contributed by atoms with Gasteiger partial charge in [0.05, 0.1) is 13.0 Å². The number of rotatable bonds is 7. The zero-order valence-electron chi connectivity index (χ0n) is 14.3. The normalized spacial score (nSPS) is 11.3. The molecule has 0 saturated heterocycles. The van der Waals surface area contributed by atoms with Gasteiger partial charge in [0.15, 0.2) is 0 Å². The van der Waals surface area contributed by atoms with Crippen LogP contribution in [0.4, 0.5) is 10.1 Å². The second-order valence-corrected chi connectivity index (χ2v) is 5.73. The molecule has 2 aromatic carbocycles. The molecule has 0 fully saturated rings. The number of halogens is 1. The van der Waals surface area contributed by atoms with Crippen LogP contribution in [0.5, 0.6) is 0 Å². The van der Waals surface area contributed by atoms with E-state index in [-0.39, 0.29) is 18.9 Å². The summed E-state index contributed by atoms with van der Waals surface area (Å²) in [5.74, 6) is -1.69. The van der Waals surface area contributed by atoms with Crippen molar-refractivity contribution in [2.24, 2.45) is 0 Å². The molecule has 0 spiro atoms. The molecule has 2 rings (SSSR count). The maximum absolute atomic E-state index is 13.1. The van der Waals surface area contributed by atoms with Gasteiger partial charge >= 0.3 is 0 Å². The second-order valence-electron chi connectivity index (χ2n) is 5.73. The monoisotopic (exact) mass is 357 g/mol. The first-order chi connectivity index (χ1) is 12.4. The van der Waals surface area contributed by atoms with Crippen LogP contribution >= 0.6 is 0 Å². The molecular formula is C19H20FN3O3. The predicted octanol–water partition coefficient (Wildman–Crippen LogP) is 1.63. The number of hydrogen-bond acceptors (Lipinski definition) is 3. The van der Waals surface area contributed by atoms with Crippen molar-refractivity contribution in [3.8, 4) is 0 Å². The highest BCUT2D eigenvalue weighted by Crippen LogP contribution is 2.05. The summed E-state index contributed by atoms with van der Waals surface area (Å²) in [5.41, 5.74) is 1.14. The van der Waals surface area contributed by atoms with Crippen molar-refractivity contribution in [3.05, 3.63) is 66.0 Å². The fraction of sp³-hybridized carbons (Fsp3) is 0.211. The van der Waals surface area contributed by atoms with Gasteiger partial charge in [-0.1, -0.05) is 30.3 Å². The zero-order valence-corrected chi connectivity index (χ0v) is 14.3. The summed E-state index contributed by atoms with van der Waals surface area (Å²) in [6.45, 7) is 1.30. The van der Waals surface area contributed by atoms with Crippen LogP contribution < -0.4 is 16.0 Å². The van der Waals surface area contributed by atoms with Crippen molar-refractivity contribution in [1.82, 2.24) is 10.6 Å². The number of carbonyl (C=O) groups is 3. The lowest BCUT2D eigenvalue weighted by molar-refractivity contribution is -0.129. The van der Waals surface area contributed by atoms with E-state index in [1.165, 1.54) is 25.1 Å². The molecule has 0 radical (unpaired) electrons. The van der Waals surface area contributed by atoms with Gasteiger partial charge < -0.3 is 16.0 Å². The Morgan fingerprint density at radius 3 is 2.42 bits per heavy atom. The summed E-state index contributed by atoms with van der Waals surface area (Å²) in [4.78, 5) is 35.7. The van der Waals surface area contributed by atoms with Gasteiger partial charge in [-0.05, 0) is 36.8 Å². The Kier molecular flexibility index (Phi) is 6.84. The summed E-state index contributed by atoms with van der Waals surface area (Å²) >= 11 is 0. The molecule has 3 N–H and O–H groups in total. The maximum atomic E-state index is 13.1. The Labute approximate surface area is 150 Å². The molecule has 136 valence electrons. The third-order valence-electron chi connectivity index (χ3n) is 3.51. The van der Waals surface area contributed by atoms with Crippen molar-refractivity contribution in [2.45, 2.75) is 19.4 Å². The van der Waals surface area contributed by atoms with Gasteiger partial charge in [0, 0.05) is 5.69 Å². The molecule has 0 aliphatic rings. The van der Waals surface area contributed by atoms with Crippen LogP contribution in [-0.4, -0.2) is 30.3 Å². The molecule has 0 aliphatic carbocycles. The standard InChI is InChI=1S/C19H20FN3O3/c1-13(22-17(24)11-14-6-5-7-15(20)10-14)19(26)21-12-18(25)23-16-8-3-2-4-9-16/h2-10,13H,11-12H2,1H3,(H,21,26)(H,22,24)(H,23,25)/t13-/m0/s1. The van der Waals surface area contributed by atoms with Crippen LogP contribution in [0.3, 0.4) is 0 Å². The fourth-order valence-electron chi connectivity index (χ4n) is 2.24. The van der Waals surface area contributed by atoms with E-state index >= 15 is 0 Å². The van der Waals surface area contributed by atoms with E-state index in [1.807, 2.05) is 6.07 Å². The van der Waals surface area contributed by atoms with E-state index in [9.17, 15) is 18.8 Å². The fourth-order valence-corrected chi connectivity index (χ4v) is 2.24. The van der Waals surface area contributed by atoms with Crippen LogP contribution in [0, 0.1) is 5.82 Å². The van der Waals surface area contributed by atoms with Crippen LogP contribution in [0.25, 0.3) is 0 Å². The number of carbonyl (C=O) groups excluding carboxylic acids is 3. The number of benzene rings is 2. The van der Waals surface area contributed by atoms with Crippen molar-refractivity contribution in [1.29, 1.82) is 0 Å². The molecule has 6 nitrogen and oxygen atoms in total. The van der Waals surface area contributed by atoms with E-state index in [0.29, 0.717) is 11.3 Å². The lowest BCUT2D eigenvalue weighted by Crippen LogP contribution is -2.47. The first-order valence-corrected chi connectivity index (χ1v) is 8.10. The highest BCUT2D eigenvalue weighted by atomic mass is 19.1. The highest BCUT2D eigenvalue weighted by molar-refractivity contribution is 5.96. The first kappa shape index (κ1) is 19.1. The van der Waals surface area contributed by atoms with E-state index < -0.39 is 23.7 Å². The maximum Gasteiger partial charge on any atom is 0.243 e. The Balaban J connectivity index is 1.74. The molecule has 0 aromatic heterocycles. The molecule has 0 bridgehead atoms. The van der Waals surface area contributed by atoms with Crippen molar-refractivity contribution in [3.63, 3.8) is 0 Å². The summed E-state index contributed by atoms with van der Waals surface area (Å²) in [6.07, 6.45) is -0.0378. The smallest absolute Gasteiger partial charge is 0.243 e. The van der Waals surface area contributed by atoms with Crippen LogP contribution in [0.1, 0.15) is 12.5 Å². The van der Waals surface area contributed by atoms with Crippen LogP contribution in [0.2, 0.25) is 0 Å². The third-order valence-corrected chi connectivity index (χ3v) is 3.51. The average Bonchev–Trinajstić information content (AvgIpc) is 2.60. The Morgan fingerprint density at radius 2 is 1.73 bits per heavy atom.